The van der Waals surface area contributed by atoms with E-state index in [9.17, 15) is 9.90 Å². The van der Waals surface area contributed by atoms with E-state index in [1.807, 2.05) is 12.1 Å². The Hall–Kier alpha value is -2.08. The summed E-state index contributed by atoms with van der Waals surface area (Å²) >= 11 is 0. The van der Waals surface area contributed by atoms with E-state index in [4.69, 9.17) is 5.26 Å². The number of rotatable bonds is 6. The van der Waals surface area contributed by atoms with Crippen LogP contribution in [-0.2, 0) is 4.79 Å². The molecule has 0 heterocycles. The zero-order valence-corrected chi connectivity index (χ0v) is 16.1. The van der Waals surface area contributed by atoms with Crippen LogP contribution in [0, 0.1) is 35.0 Å². The lowest BCUT2D eigenvalue weighted by Crippen LogP contribution is -2.30. The van der Waals surface area contributed by atoms with Crippen LogP contribution in [0.5, 0.6) is 0 Å². The Morgan fingerprint density at radius 1 is 1.07 bits per heavy atom. The van der Waals surface area contributed by atoms with E-state index < -0.39 is 5.97 Å². The zero-order valence-electron chi connectivity index (χ0n) is 16.1. The lowest BCUT2D eigenvalue weighted by Gasteiger charge is -2.39. The predicted octanol–water partition coefficient (Wildman–Crippen LogP) is 5.92. The Morgan fingerprint density at radius 3 is 2.11 bits per heavy atom. The molecule has 2 aliphatic carbocycles. The molecule has 3 rings (SSSR count). The fourth-order valence-corrected chi connectivity index (χ4v) is 5.45. The summed E-state index contributed by atoms with van der Waals surface area (Å²) in [5, 5.41) is 18.4. The number of hydrogen-bond acceptors (Lipinski definition) is 2. The van der Waals surface area contributed by atoms with Gasteiger partial charge in [-0.15, -0.1) is 6.58 Å². The second-order valence-corrected chi connectivity index (χ2v) is 8.49. The maximum atomic E-state index is 11.5. The van der Waals surface area contributed by atoms with Gasteiger partial charge in [-0.3, -0.25) is 4.79 Å². The maximum absolute atomic E-state index is 11.5. The summed E-state index contributed by atoms with van der Waals surface area (Å²) in [5.74, 6) is 1.66. The van der Waals surface area contributed by atoms with Crippen LogP contribution in [0.1, 0.15) is 74.8 Å². The van der Waals surface area contributed by atoms with Crippen molar-refractivity contribution in [1.29, 1.82) is 5.26 Å². The van der Waals surface area contributed by atoms with Crippen LogP contribution < -0.4 is 0 Å². The van der Waals surface area contributed by atoms with Crippen molar-refractivity contribution in [2.45, 2.75) is 63.7 Å². The lowest BCUT2D eigenvalue weighted by molar-refractivity contribution is -0.144. The normalized spacial score (nSPS) is 29.4. The van der Waals surface area contributed by atoms with Gasteiger partial charge in [-0.05, 0) is 99.2 Å². The molecule has 144 valence electrons. The van der Waals surface area contributed by atoms with Gasteiger partial charge in [0.05, 0.1) is 17.6 Å². The Balaban J connectivity index is 1.48. The smallest absolute Gasteiger partial charge is 0.307 e. The Kier molecular flexibility index (Phi) is 6.72. The monoisotopic (exact) mass is 365 g/mol. The number of nitrogens with zero attached hydrogens (tertiary/aromatic N) is 1. The molecule has 1 N–H and O–H groups in total. The number of aliphatic carboxylic acids is 1. The van der Waals surface area contributed by atoms with Gasteiger partial charge in [0.1, 0.15) is 0 Å². The summed E-state index contributed by atoms with van der Waals surface area (Å²) in [6.45, 7) is 3.73. The molecule has 3 heteroatoms. The number of carboxylic acids is 1. The number of benzene rings is 1. The summed E-state index contributed by atoms with van der Waals surface area (Å²) < 4.78 is 0. The molecule has 2 fully saturated rings. The van der Waals surface area contributed by atoms with Gasteiger partial charge in [0.2, 0.25) is 0 Å². The van der Waals surface area contributed by atoms with E-state index in [0.717, 1.165) is 30.2 Å². The van der Waals surface area contributed by atoms with Crippen molar-refractivity contribution < 1.29 is 9.90 Å². The maximum Gasteiger partial charge on any atom is 0.307 e. The molecule has 27 heavy (non-hydrogen) atoms. The first-order chi connectivity index (χ1) is 13.1. The summed E-state index contributed by atoms with van der Waals surface area (Å²) in [4.78, 5) is 11.5. The fourth-order valence-electron chi connectivity index (χ4n) is 5.45. The highest BCUT2D eigenvalue weighted by Crippen LogP contribution is 2.45. The molecule has 0 saturated heterocycles. The van der Waals surface area contributed by atoms with Crippen LogP contribution in [0.3, 0.4) is 0 Å². The molecule has 2 aliphatic rings. The topological polar surface area (TPSA) is 61.1 Å². The van der Waals surface area contributed by atoms with E-state index in [2.05, 4.69) is 24.8 Å². The molecule has 0 aromatic heterocycles. The molecule has 0 aliphatic heterocycles. The van der Waals surface area contributed by atoms with Crippen LogP contribution in [0.15, 0.2) is 36.9 Å². The third kappa shape index (κ3) is 4.80. The van der Waals surface area contributed by atoms with Gasteiger partial charge in [-0.1, -0.05) is 18.2 Å². The highest BCUT2D eigenvalue weighted by molar-refractivity contribution is 5.70. The summed E-state index contributed by atoms with van der Waals surface area (Å²) in [5.41, 5.74) is 2.12. The minimum atomic E-state index is -0.652. The molecular formula is C24H31NO2. The predicted molar refractivity (Wildman–Crippen MR) is 107 cm³/mol. The molecule has 1 aromatic rings. The van der Waals surface area contributed by atoms with Gasteiger partial charge >= 0.3 is 5.97 Å². The van der Waals surface area contributed by atoms with Gasteiger partial charge < -0.3 is 5.11 Å². The van der Waals surface area contributed by atoms with Crippen molar-refractivity contribution in [1.82, 2.24) is 0 Å². The van der Waals surface area contributed by atoms with E-state index in [-0.39, 0.29) is 5.92 Å². The van der Waals surface area contributed by atoms with Crippen LogP contribution in [0.4, 0.5) is 0 Å². The highest BCUT2D eigenvalue weighted by atomic mass is 16.4. The van der Waals surface area contributed by atoms with Crippen molar-refractivity contribution in [3.8, 4) is 6.07 Å². The van der Waals surface area contributed by atoms with Crippen molar-refractivity contribution in [2.75, 3.05) is 0 Å². The minimum Gasteiger partial charge on any atom is -0.481 e. The quantitative estimate of drug-likeness (QED) is 0.637. The van der Waals surface area contributed by atoms with E-state index in [0.29, 0.717) is 18.3 Å². The average Bonchev–Trinajstić information content (AvgIpc) is 2.72. The molecule has 1 unspecified atom stereocenters. The number of carboxylic acid groups (broad SMARTS) is 1. The van der Waals surface area contributed by atoms with Gasteiger partial charge in [0.25, 0.3) is 0 Å². The summed E-state index contributed by atoms with van der Waals surface area (Å²) in [6, 6.07) is 10.3. The molecule has 0 spiro atoms. The Bertz CT molecular complexity index is 671. The molecule has 1 atom stereocenters. The Labute approximate surface area is 163 Å². The second-order valence-electron chi connectivity index (χ2n) is 8.49. The van der Waals surface area contributed by atoms with Crippen LogP contribution in [-0.4, -0.2) is 11.1 Å². The molecule has 0 amide bonds. The van der Waals surface area contributed by atoms with Crippen LogP contribution >= 0.6 is 0 Å². The highest BCUT2D eigenvalue weighted by Gasteiger charge is 2.35. The largest absolute Gasteiger partial charge is 0.481 e. The Morgan fingerprint density at radius 2 is 1.63 bits per heavy atom. The summed E-state index contributed by atoms with van der Waals surface area (Å²) in [6.07, 6.45) is 11.9. The third-order valence-electron chi connectivity index (χ3n) is 7.07. The van der Waals surface area contributed by atoms with Crippen LogP contribution in [0.25, 0.3) is 0 Å². The summed E-state index contributed by atoms with van der Waals surface area (Å²) in [7, 11) is 0. The van der Waals surface area contributed by atoms with E-state index in [1.165, 1.54) is 44.1 Å². The van der Waals surface area contributed by atoms with Gasteiger partial charge in [0, 0.05) is 0 Å². The minimum absolute atomic E-state index is 0.240. The van der Waals surface area contributed by atoms with Crippen molar-refractivity contribution in [3.63, 3.8) is 0 Å². The standard InChI is InChI=1S/C24H31NO2/c1-2-3-23(24(26)27)22-14-12-21(13-15-22)20-10-8-19(9-11-20)18-6-4-17(16-25)5-7-18/h2,4-7,19-23H,1,3,8-15H2,(H,26,27)/t19-,20-,21?,22?,23?. The fraction of sp³-hybridized carbons (Fsp3) is 0.583. The van der Waals surface area contributed by atoms with E-state index in [1.54, 1.807) is 6.08 Å². The number of hydrogen-bond donors (Lipinski definition) is 1. The first-order valence-corrected chi connectivity index (χ1v) is 10.5. The van der Waals surface area contributed by atoms with E-state index >= 15 is 0 Å². The molecular weight excluding hydrogens is 334 g/mol. The third-order valence-corrected chi connectivity index (χ3v) is 7.07. The molecule has 1 aromatic carbocycles. The van der Waals surface area contributed by atoms with Gasteiger partial charge in [-0.25, -0.2) is 0 Å². The molecule has 2 saturated carbocycles. The number of carbonyl (C=O) groups is 1. The average molecular weight is 366 g/mol. The van der Waals surface area contributed by atoms with Crippen LogP contribution in [0.2, 0.25) is 0 Å². The SMILES string of the molecule is C=CCC(C(=O)O)C1CCC([C@H]2CC[C@H](c3ccc(C#N)cc3)CC2)CC1. The number of allylic oxidation sites excluding steroid dienone is 1. The van der Waals surface area contributed by atoms with Gasteiger partial charge in [0.15, 0.2) is 0 Å². The zero-order chi connectivity index (χ0) is 19.2. The van der Waals surface area contributed by atoms with Crippen molar-refractivity contribution in [3.05, 3.63) is 48.0 Å². The van der Waals surface area contributed by atoms with Gasteiger partial charge in [-0.2, -0.15) is 5.26 Å². The molecule has 0 radical (unpaired) electrons. The molecule has 0 bridgehead atoms. The lowest BCUT2D eigenvalue weighted by atomic mass is 9.66. The second kappa shape index (κ2) is 9.22. The molecule has 3 nitrogen and oxygen atoms in total. The first kappa shape index (κ1) is 19.7. The van der Waals surface area contributed by atoms with Crippen molar-refractivity contribution >= 4 is 5.97 Å². The first-order valence-electron chi connectivity index (χ1n) is 10.5. The van der Waals surface area contributed by atoms with Crippen molar-refractivity contribution in [2.24, 2.45) is 23.7 Å². The number of nitriles is 1.